The van der Waals surface area contributed by atoms with Gasteiger partial charge in [0.15, 0.2) is 11.6 Å². The largest absolute Gasteiger partial charge is 0.317 e. The zero-order valence-corrected chi connectivity index (χ0v) is 13.8. The number of rotatable bonds is 3. The van der Waals surface area contributed by atoms with E-state index in [0.29, 0.717) is 5.92 Å². The number of piperidine rings is 2. The van der Waals surface area contributed by atoms with Gasteiger partial charge in [0.25, 0.3) is 0 Å². The number of hydrogen-bond donors (Lipinski definition) is 2. The summed E-state index contributed by atoms with van der Waals surface area (Å²) in [6.45, 7) is 3.64. The highest BCUT2D eigenvalue weighted by atomic mass is 16.2. The standard InChI is InChI=1S/C18H22N2O4/c1-10-8-12(11-4-6-19-7-5-11)9-14(16(10)22)17(23)13-2-3-15(21)20-18(13)24/h8-11,13,19H,2-7H2,1H3,(H,20,21,24). The fraction of sp³-hybridized carbons (Fsp3) is 0.556. The van der Waals surface area contributed by atoms with E-state index in [1.54, 1.807) is 13.0 Å². The number of carbonyl (C=O) groups excluding carboxylic acids is 4. The molecule has 6 heteroatoms. The summed E-state index contributed by atoms with van der Waals surface area (Å²) in [4.78, 5) is 48.4. The normalized spacial score (nSPS) is 29.0. The van der Waals surface area contributed by atoms with E-state index in [4.69, 9.17) is 0 Å². The Morgan fingerprint density at radius 1 is 1.12 bits per heavy atom. The highest BCUT2D eigenvalue weighted by molar-refractivity contribution is 6.27. The van der Waals surface area contributed by atoms with E-state index in [9.17, 15) is 19.2 Å². The second kappa shape index (κ2) is 6.81. The van der Waals surface area contributed by atoms with Gasteiger partial charge >= 0.3 is 0 Å². The van der Waals surface area contributed by atoms with Crippen molar-refractivity contribution in [2.24, 2.45) is 17.8 Å². The summed E-state index contributed by atoms with van der Waals surface area (Å²) in [5.41, 5.74) is 1.15. The Balaban J connectivity index is 1.84. The molecule has 3 rings (SSSR count). The van der Waals surface area contributed by atoms with Crippen molar-refractivity contribution in [3.8, 4) is 0 Å². The number of amides is 2. The number of imide groups is 1. The Labute approximate surface area is 140 Å². The molecule has 0 saturated carbocycles. The molecule has 0 spiro atoms. The first-order valence-corrected chi connectivity index (χ1v) is 8.53. The van der Waals surface area contributed by atoms with Crippen LogP contribution in [0.5, 0.6) is 0 Å². The first-order chi connectivity index (χ1) is 11.5. The molecule has 2 saturated heterocycles. The van der Waals surface area contributed by atoms with E-state index in [1.807, 2.05) is 6.08 Å². The van der Waals surface area contributed by atoms with Gasteiger partial charge in [-0.2, -0.15) is 0 Å². The van der Waals surface area contributed by atoms with Gasteiger partial charge in [0, 0.05) is 12.3 Å². The van der Waals surface area contributed by atoms with Crippen LogP contribution in [0.3, 0.4) is 0 Å². The molecule has 0 aromatic carbocycles. The summed E-state index contributed by atoms with van der Waals surface area (Å²) < 4.78 is 0. The summed E-state index contributed by atoms with van der Waals surface area (Å²) in [5, 5.41) is 5.49. The van der Waals surface area contributed by atoms with Gasteiger partial charge in [0.1, 0.15) is 5.92 Å². The van der Waals surface area contributed by atoms with Crippen LogP contribution in [0.4, 0.5) is 0 Å². The molecule has 0 radical (unpaired) electrons. The minimum absolute atomic E-state index is 0.119. The van der Waals surface area contributed by atoms with Gasteiger partial charge in [-0.05, 0) is 49.9 Å². The molecule has 3 aliphatic rings. The summed E-state index contributed by atoms with van der Waals surface area (Å²) in [6, 6.07) is 0. The van der Waals surface area contributed by atoms with E-state index in [-0.39, 0.29) is 36.0 Å². The van der Waals surface area contributed by atoms with Crippen molar-refractivity contribution in [1.29, 1.82) is 0 Å². The molecule has 6 nitrogen and oxygen atoms in total. The lowest BCUT2D eigenvalue weighted by molar-refractivity contribution is -0.139. The van der Waals surface area contributed by atoms with Crippen LogP contribution < -0.4 is 10.6 Å². The summed E-state index contributed by atoms with van der Waals surface area (Å²) in [5.74, 6) is -2.58. The quantitative estimate of drug-likeness (QED) is 0.451. The average Bonchev–Trinajstić information content (AvgIpc) is 2.57. The van der Waals surface area contributed by atoms with E-state index in [0.717, 1.165) is 31.5 Å². The molecule has 2 fully saturated rings. The summed E-state index contributed by atoms with van der Waals surface area (Å²) >= 11 is 0. The summed E-state index contributed by atoms with van der Waals surface area (Å²) in [6.07, 6.45) is 5.89. The molecule has 0 bridgehead atoms. The lowest BCUT2D eigenvalue weighted by atomic mass is 9.78. The second-order valence-corrected chi connectivity index (χ2v) is 6.77. The van der Waals surface area contributed by atoms with Crippen LogP contribution in [0.25, 0.3) is 0 Å². The van der Waals surface area contributed by atoms with E-state index >= 15 is 0 Å². The zero-order chi connectivity index (χ0) is 17.3. The van der Waals surface area contributed by atoms with Crippen LogP contribution in [-0.2, 0) is 19.2 Å². The molecule has 2 unspecified atom stereocenters. The Morgan fingerprint density at radius 2 is 1.83 bits per heavy atom. The Bertz CT molecular complexity index is 656. The Kier molecular flexibility index (Phi) is 4.76. The van der Waals surface area contributed by atoms with E-state index < -0.39 is 17.6 Å². The maximum Gasteiger partial charge on any atom is 0.237 e. The van der Waals surface area contributed by atoms with Gasteiger partial charge in [-0.25, -0.2) is 0 Å². The molecule has 2 aliphatic heterocycles. The van der Waals surface area contributed by atoms with Crippen molar-refractivity contribution in [3.63, 3.8) is 0 Å². The Hall–Kier alpha value is -2.08. The van der Waals surface area contributed by atoms with Crippen LogP contribution >= 0.6 is 0 Å². The molecule has 0 aromatic heterocycles. The summed E-state index contributed by atoms with van der Waals surface area (Å²) in [7, 11) is 0. The van der Waals surface area contributed by atoms with Crippen LogP contribution in [0, 0.1) is 17.8 Å². The van der Waals surface area contributed by atoms with Gasteiger partial charge in [-0.15, -0.1) is 0 Å². The van der Waals surface area contributed by atoms with Crippen molar-refractivity contribution in [3.05, 3.63) is 23.3 Å². The van der Waals surface area contributed by atoms with E-state index in [2.05, 4.69) is 10.6 Å². The second-order valence-electron chi connectivity index (χ2n) is 6.77. The third-order valence-corrected chi connectivity index (χ3v) is 5.06. The topological polar surface area (TPSA) is 92.3 Å². The fourth-order valence-corrected chi connectivity index (χ4v) is 3.63. The monoisotopic (exact) mass is 330 g/mol. The molecule has 0 aromatic rings. The predicted octanol–water partition coefficient (Wildman–Crippen LogP) is 0.679. The molecule has 24 heavy (non-hydrogen) atoms. The van der Waals surface area contributed by atoms with Gasteiger partial charge in [-0.1, -0.05) is 13.0 Å². The average molecular weight is 330 g/mol. The number of ketones is 2. The number of Topliss-reactive ketones (excluding diaryl/α,β-unsaturated/α-hetero) is 2. The van der Waals surface area contributed by atoms with Gasteiger partial charge in [0.2, 0.25) is 11.8 Å². The SMILES string of the molecule is CC1C=C(C2CCNCC2)C=C(C(=O)C2CCC(=O)NC2=O)C1=O. The van der Waals surface area contributed by atoms with Crippen LogP contribution in [0.2, 0.25) is 0 Å². The lowest BCUT2D eigenvalue weighted by Crippen LogP contribution is -2.45. The highest BCUT2D eigenvalue weighted by Gasteiger charge is 2.38. The molecule has 2 heterocycles. The van der Waals surface area contributed by atoms with Gasteiger partial charge < -0.3 is 5.32 Å². The molecular weight excluding hydrogens is 308 g/mol. The molecule has 128 valence electrons. The molecular formula is C18H22N2O4. The fourth-order valence-electron chi connectivity index (χ4n) is 3.63. The van der Waals surface area contributed by atoms with Crippen molar-refractivity contribution in [2.45, 2.75) is 32.6 Å². The Morgan fingerprint density at radius 3 is 2.50 bits per heavy atom. The first kappa shape index (κ1) is 16.8. The predicted molar refractivity (Wildman–Crippen MR) is 86.8 cm³/mol. The van der Waals surface area contributed by atoms with Crippen LogP contribution in [0.1, 0.15) is 32.6 Å². The van der Waals surface area contributed by atoms with E-state index in [1.165, 1.54) is 0 Å². The van der Waals surface area contributed by atoms with Crippen molar-refractivity contribution >= 4 is 23.4 Å². The van der Waals surface area contributed by atoms with Crippen molar-refractivity contribution in [1.82, 2.24) is 10.6 Å². The van der Waals surface area contributed by atoms with Gasteiger partial charge in [-0.3, -0.25) is 24.5 Å². The van der Waals surface area contributed by atoms with Crippen molar-refractivity contribution < 1.29 is 19.2 Å². The minimum atomic E-state index is -0.933. The molecule has 2 N–H and O–H groups in total. The van der Waals surface area contributed by atoms with Gasteiger partial charge in [0.05, 0.1) is 5.57 Å². The van der Waals surface area contributed by atoms with Crippen LogP contribution in [-0.4, -0.2) is 36.5 Å². The first-order valence-electron chi connectivity index (χ1n) is 8.53. The number of carbonyl (C=O) groups is 4. The zero-order valence-electron chi connectivity index (χ0n) is 13.8. The molecule has 2 amide bonds. The molecule has 2 atom stereocenters. The maximum absolute atomic E-state index is 12.8. The smallest absolute Gasteiger partial charge is 0.237 e. The maximum atomic E-state index is 12.8. The lowest BCUT2D eigenvalue weighted by Gasteiger charge is -2.28. The highest BCUT2D eigenvalue weighted by Crippen LogP contribution is 2.31. The third kappa shape index (κ3) is 3.24. The third-order valence-electron chi connectivity index (χ3n) is 5.06. The minimum Gasteiger partial charge on any atom is -0.317 e. The number of hydrogen-bond acceptors (Lipinski definition) is 5. The number of nitrogens with one attached hydrogen (secondary N) is 2. The number of allylic oxidation sites excluding steroid dienone is 4. The van der Waals surface area contributed by atoms with Crippen molar-refractivity contribution in [2.75, 3.05) is 13.1 Å². The molecule has 1 aliphatic carbocycles. The van der Waals surface area contributed by atoms with Crippen LogP contribution in [0.15, 0.2) is 23.3 Å².